The molecule has 142 valence electrons. The van der Waals surface area contributed by atoms with Crippen LogP contribution in [0.2, 0.25) is 0 Å². The van der Waals surface area contributed by atoms with E-state index in [0.29, 0.717) is 32.5 Å². The summed E-state index contributed by atoms with van der Waals surface area (Å²) in [5.74, 6) is -1.59. The Kier molecular flexibility index (Phi) is 7.59. The maximum absolute atomic E-state index is 12.2. The number of ether oxygens (including phenoxy) is 1. The minimum absolute atomic E-state index is 0.0153. The molecule has 1 aromatic rings. The molecule has 26 heavy (non-hydrogen) atoms. The first-order chi connectivity index (χ1) is 12.5. The highest BCUT2D eigenvalue weighted by Crippen LogP contribution is 2.17. The van der Waals surface area contributed by atoms with Crippen molar-refractivity contribution in [2.24, 2.45) is 5.92 Å². The Morgan fingerprint density at radius 2 is 1.85 bits per heavy atom. The van der Waals surface area contributed by atoms with Crippen molar-refractivity contribution in [2.75, 3.05) is 39.9 Å². The summed E-state index contributed by atoms with van der Waals surface area (Å²) >= 11 is 0. The van der Waals surface area contributed by atoms with Crippen LogP contribution in [0.3, 0.4) is 0 Å². The first-order valence-electron chi connectivity index (χ1n) is 8.83. The highest BCUT2D eigenvalue weighted by Gasteiger charge is 2.27. The van der Waals surface area contributed by atoms with Crippen molar-refractivity contribution in [2.45, 2.75) is 19.3 Å². The van der Waals surface area contributed by atoms with Crippen molar-refractivity contribution in [3.63, 3.8) is 0 Å². The summed E-state index contributed by atoms with van der Waals surface area (Å²) in [6, 6.07) is 9.87. The van der Waals surface area contributed by atoms with E-state index in [-0.39, 0.29) is 30.9 Å². The van der Waals surface area contributed by atoms with Crippen LogP contribution in [0.1, 0.15) is 18.4 Å². The van der Waals surface area contributed by atoms with Crippen molar-refractivity contribution < 1.29 is 24.2 Å². The number of carbonyl (C=O) groups excluding carboxylic acids is 2. The van der Waals surface area contributed by atoms with Crippen LogP contribution in [-0.4, -0.2) is 72.6 Å². The predicted octanol–water partition coefficient (Wildman–Crippen LogP) is 1.03. The molecule has 1 N–H and O–H groups in total. The van der Waals surface area contributed by atoms with E-state index in [1.54, 1.807) is 11.9 Å². The Morgan fingerprint density at radius 3 is 2.46 bits per heavy atom. The molecule has 0 aliphatic carbocycles. The van der Waals surface area contributed by atoms with Crippen molar-refractivity contribution in [3.05, 3.63) is 35.9 Å². The maximum atomic E-state index is 12.2. The van der Waals surface area contributed by atoms with Gasteiger partial charge in [0.1, 0.15) is 6.61 Å². The van der Waals surface area contributed by atoms with Crippen LogP contribution in [0.15, 0.2) is 30.3 Å². The van der Waals surface area contributed by atoms with E-state index in [2.05, 4.69) is 0 Å². The maximum Gasteiger partial charge on any atom is 0.306 e. The van der Waals surface area contributed by atoms with E-state index in [1.807, 2.05) is 30.3 Å². The van der Waals surface area contributed by atoms with E-state index in [0.717, 1.165) is 12.0 Å². The number of likely N-dealkylation sites (tertiary alicyclic amines) is 1. The molecule has 1 aliphatic rings. The number of piperidine rings is 1. The van der Waals surface area contributed by atoms with Gasteiger partial charge in [-0.3, -0.25) is 14.4 Å². The van der Waals surface area contributed by atoms with Crippen LogP contribution < -0.4 is 0 Å². The monoisotopic (exact) mass is 362 g/mol. The number of hydrogen-bond acceptors (Lipinski definition) is 4. The van der Waals surface area contributed by atoms with Gasteiger partial charge in [-0.15, -0.1) is 0 Å². The molecule has 1 fully saturated rings. The lowest BCUT2D eigenvalue weighted by molar-refractivity contribution is -0.147. The van der Waals surface area contributed by atoms with Gasteiger partial charge in [-0.25, -0.2) is 0 Å². The van der Waals surface area contributed by atoms with Crippen molar-refractivity contribution in [1.82, 2.24) is 9.80 Å². The summed E-state index contributed by atoms with van der Waals surface area (Å²) in [5, 5.41) is 8.99. The van der Waals surface area contributed by atoms with E-state index in [1.165, 1.54) is 4.90 Å². The fourth-order valence-electron chi connectivity index (χ4n) is 2.87. The minimum Gasteiger partial charge on any atom is -0.481 e. The molecule has 0 spiro atoms. The van der Waals surface area contributed by atoms with Gasteiger partial charge in [-0.2, -0.15) is 0 Å². The molecule has 1 aliphatic heterocycles. The fraction of sp³-hybridized carbons (Fsp3) is 0.526. The summed E-state index contributed by atoms with van der Waals surface area (Å²) in [6.45, 7) is 1.22. The second-order valence-corrected chi connectivity index (χ2v) is 6.53. The van der Waals surface area contributed by atoms with E-state index >= 15 is 0 Å². The highest BCUT2D eigenvalue weighted by molar-refractivity contribution is 5.85. The van der Waals surface area contributed by atoms with Crippen LogP contribution in [0, 0.1) is 5.92 Å². The number of carbonyl (C=O) groups is 3. The van der Waals surface area contributed by atoms with Crippen LogP contribution in [0.5, 0.6) is 0 Å². The van der Waals surface area contributed by atoms with Crippen LogP contribution in [-0.2, 0) is 25.5 Å². The van der Waals surface area contributed by atoms with E-state index in [9.17, 15) is 14.4 Å². The smallest absolute Gasteiger partial charge is 0.306 e. The third-order valence-corrected chi connectivity index (χ3v) is 4.60. The van der Waals surface area contributed by atoms with Gasteiger partial charge in [0.25, 0.3) is 0 Å². The van der Waals surface area contributed by atoms with Gasteiger partial charge in [0.2, 0.25) is 11.8 Å². The molecule has 1 heterocycles. The lowest BCUT2D eigenvalue weighted by Crippen LogP contribution is -2.46. The molecule has 1 aromatic carbocycles. The standard InChI is InChI=1S/C19H26N2O5/c1-20(13-17(22)21-10-7-16(8-11-21)19(24)25)18(23)14-26-12-9-15-5-3-2-4-6-15/h2-6,16H,7-14H2,1H3,(H,24,25). The van der Waals surface area contributed by atoms with Gasteiger partial charge < -0.3 is 19.6 Å². The average Bonchev–Trinajstić information content (AvgIpc) is 2.65. The molecule has 2 rings (SSSR count). The molecular weight excluding hydrogens is 336 g/mol. The Morgan fingerprint density at radius 1 is 1.19 bits per heavy atom. The van der Waals surface area contributed by atoms with Gasteiger partial charge in [0.05, 0.1) is 19.1 Å². The zero-order chi connectivity index (χ0) is 18.9. The summed E-state index contributed by atoms with van der Waals surface area (Å²) in [7, 11) is 1.57. The molecule has 0 atom stereocenters. The first kappa shape index (κ1) is 19.9. The minimum atomic E-state index is -0.808. The topological polar surface area (TPSA) is 87.2 Å². The van der Waals surface area contributed by atoms with E-state index in [4.69, 9.17) is 9.84 Å². The van der Waals surface area contributed by atoms with Gasteiger partial charge in [0, 0.05) is 20.1 Å². The fourth-order valence-corrected chi connectivity index (χ4v) is 2.87. The lowest BCUT2D eigenvalue weighted by atomic mass is 9.97. The van der Waals surface area contributed by atoms with Crippen molar-refractivity contribution in [1.29, 1.82) is 0 Å². The van der Waals surface area contributed by atoms with Crippen LogP contribution in [0.4, 0.5) is 0 Å². The number of benzene rings is 1. The zero-order valence-corrected chi connectivity index (χ0v) is 15.1. The molecule has 1 saturated heterocycles. The Hall–Kier alpha value is -2.41. The van der Waals surface area contributed by atoms with Gasteiger partial charge >= 0.3 is 5.97 Å². The largest absolute Gasteiger partial charge is 0.481 e. The van der Waals surface area contributed by atoms with Crippen LogP contribution >= 0.6 is 0 Å². The number of amides is 2. The second-order valence-electron chi connectivity index (χ2n) is 6.53. The number of aliphatic carboxylic acids is 1. The Balaban J connectivity index is 1.65. The third kappa shape index (κ3) is 6.15. The summed E-state index contributed by atoms with van der Waals surface area (Å²) in [6.07, 6.45) is 1.65. The number of likely N-dealkylation sites (N-methyl/N-ethyl adjacent to an activating group) is 1. The number of rotatable bonds is 8. The highest BCUT2D eigenvalue weighted by atomic mass is 16.5. The molecule has 7 nitrogen and oxygen atoms in total. The summed E-state index contributed by atoms with van der Waals surface area (Å²) < 4.78 is 5.41. The summed E-state index contributed by atoms with van der Waals surface area (Å²) in [4.78, 5) is 38.2. The number of carboxylic acid groups (broad SMARTS) is 1. The first-order valence-corrected chi connectivity index (χ1v) is 8.83. The zero-order valence-electron chi connectivity index (χ0n) is 15.1. The Bertz CT molecular complexity index is 612. The summed E-state index contributed by atoms with van der Waals surface area (Å²) in [5.41, 5.74) is 1.15. The van der Waals surface area contributed by atoms with E-state index < -0.39 is 5.97 Å². The SMILES string of the molecule is CN(CC(=O)N1CCC(C(=O)O)CC1)C(=O)COCCc1ccccc1. The van der Waals surface area contributed by atoms with Gasteiger partial charge in [-0.05, 0) is 24.8 Å². The number of nitrogens with zero attached hydrogens (tertiary/aromatic N) is 2. The van der Waals surface area contributed by atoms with Crippen molar-refractivity contribution in [3.8, 4) is 0 Å². The molecular formula is C19H26N2O5. The quantitative estimate of drug-likeness (QED) is 0.698. The molecule has 7 heteroatoms. The lowest BCUT2D eigenvalue weighted by Gasteiger charge is -2.31. The van der Waals surface area contributed by atoms with Gasteiger partial charge in [0.15, 0.2) is 0 Å². The molecule has 0 unspecified atom stereocenters. The Labute approximate surface area is 153 Å². The van der Waals surface area contributed by atoms with Gasteiger partial charge in [-0.1, -0.05) is 30.3 Å². The molecule has 0 bridgehead atoms. The predicted molar refractivity (Wildman–Crippen MR) is 95.5 cm³/mol. The van der Waals surface area contributed by atoms with Crippen molar-refractivity contribution >= 4 is 17.8 Å². The second kappa shape index (κ2) is 9.91. The third-order valence-electron chi connectivity index (χ3n) is 4.60. The number of hydrogen-bond donors (Lipinski definition) is 1. The number of carboxylic acids is 1. The molecule has 0 radical (unpaired) electrons. The normalized spacial score (nSPS) is 14.9. The molecule has 0 saturated carbocycles. The average molecular weight is 362 g/mol. The molecule has 0 aromatic heterocycles. The van der Waals surface area contributed by atoms with Crippen LogP contribution in [0.25, 0.3) is 0 Å². The molecule has 2 amide bonds.